The van der Waals surface area contributed by atoms with Crippen molar-refractivity contribution >= 4 is 5.91 Å². The molecule has 1 fully saturated rings. The lowest BCUT2D eigenvalue weighted by Crippen LogP contribution is -2.45. The van der Waals surface area contributed by atoms with Crippen molar-refractivity contribution in [1.29, 1.82) is 0 Å². The number of pyridine rings is 1. The fourth-order valence-electron chi connectivity index (χ4n) is 2.99. The number of rotatable bonds is 4. The topological polar surface area (TPSA) is 68.0 Å². The van der Waals surface area contributed by atoms with Gasteiger partial charge in [0, 0.05) is 12.2 Å². The van der Waals surface area contributed by atoms with E-state index >= 15 is 0 Å². The first-order valence-electron chi connectivity index (χ1n) is 7.57. The summed E-state index contributed by atoms with van der Waals surface area (Å²) in [7, 11) is 0. The molecule has 1 saturated carbocycles. The molecule has 3 N–H and O–H groups in total. The number of carbonyl (C=O) groups is 1. The van der Waals surface area contributed by atoms with E-state index in [-0.39, 0.29) is 11.3 Å². The zero-order valence-electron chi connectivity index (χ0n) is 12.3. The maximum Gasteiger partial charge on any atom is 0.227 e. The fourth-order valence-corrected chi connectivity index (χ4v) is 2.99. The third-order valence-electron chi connectivity index (χ3n) is 4.31. The predicted octanol–water partition coefficient (Wildman–Crippen LogP) is 2.31. The average molecular weight is 275 g/mol. The second-order valence-corrected chi connectivity index (χ2v) is 5.85. The van der Waals surface area contributed by atoms with E-state index < -0.39 is 0 Å². The van der Waals surface area contributed by atoms with Gasteiger partial charge in [-0.3, -0.25) is 9.78 Å². The highest BCUT2D eigenvalue weighted by atomic mass is 16.2. The molecular weight excluding hydrogens is 250 g/mol. The van der Waals surface area contributed by atoms with E-state index in [2.05, 4.69) is 10.3 Å². The van der Waals surface area contributed by atoms with Gasteiger partial charge in [-0.1, -0.05) is 31.7 Å². The molecule has 0 unspecified atom stereocenters. The highest BCUT2D eigenvalue weighted by Gasteiger charge is 2.36. The number of aromatic nitrogens is 1. The summed E-state index contributed by atoms with van der Waals surface area (Å²) < 4.78 is 0. The van der Waals surface area contributed by atoms with E-state index in [1.165, 1.54) is 12.8 Å². The summed E-state index contributed by atoms with van der Waals surface area (Å²) in [5, 5.41) is 3.03. The summed E-state index contributed by atoms with van der Waals surface area (Å²) >= 11 is 0. The van der Waals surface area contributed by atoms with Gasteiger partial charge in [0.15, 0.2) is 0 Å². The highest BCUT2D eigenvalue weighted by molar-refractivity contribution is 5.82. The summed E-state index contributed by atoms with van der Waals surface area (Å²) in [5.74, 6) is 0.102. The van der Waals surface area contributed by atoms with Crippen molar-refractivity contribution in [2.45, 2.75) is 52.0 Å². The molecule has 0 aromatic carbocycles. The molecule has 0 spiro atoms. The minimum absolute atomic E-state index is 0.102. The van der Waals surface area contributed by atoms with E-state index in [4.69, 9.17) is 5.73 Å². The Balaban J connectivity index is 1.98. The number of hydrogen-bond donors (Lipinski definition) is 2. The van der Waals surface area contributed by atoms with Gasteiger partial charge in [0.25, 0.3) is 0 Å². The Bertz CT molecular complexity index is 451. The van der Waals surface area contributed by atoms with Gasteiger partial charge >= 0.3 is 0 Å². The molecule has 1 heterocycles. The Morgan fingerprint density at radius 3 is 2.60 bits per heavy atom. The fraction of sp³-hybridized carbons (Fsp3) is 0.625. The molecule has 1 amide bonds. The minimum atomic E-state index is -0.361. The molecule has 110 valence electrons. The molecule has 0 aliphatic heterocycles. The number of nitrogens with one attached hydrogen (secondary N) is 1. The predicted molar refractivity (Wildman–Crippen MR) is 80.0 cm³/mol. The van der Waals surface area contributed by atoms with Crippen LogP contribution >= 0.6 is 0 Å². The van der Waals surface area contributed by atoms with Gasteiger partial charge in [0.1, 0.15) is 0 Å². The van der Waals surface area contributed by atoms with Gasteiger partial charge in [-0.05, 0) is 31.9 Å². The smallest absolute Gasteiger partial charge is 0.227 e. The Labute approximate surface area is 121 Å². The van der Waals surface area contributed by atoms with E-state index in [9.17, 15) is 4.79 Å². The summed E-state index contributed by atoms with van der Waals surface area (Å²) in [6.45, 7) is 2.89. The van der Waals surface area contributed by atoms with Crippen LogP contribution in [-0.2, 0) is 11.3 Å². The summed E-state index contributed by atoms with van der Waals surface area (Å²) in [6.07, 6.45) is 6.47. The zero-order chi connectivity index (χ0) is 14.4. The van der Waals surface area contributed by atoms with Crippen LogP contribution in [0.15, 0.2) is 18.2 Å². The molecule has 0 radical (unpaired) electrons. The van der Waals surface area contributed by atoms with E-state index in [1.807, 2.05) is 25.1 Å². The molecular formula is C16H25N3O. The SMILES string of the molecule is Cc1cccc(CNC(=O)C2(CN)CCCCCC2)n1. The van der Waals surface area contributed by atoms with Crippen LogP contribution in [0, 0.1) is 12.3 Å². The Kier molecular flexibility index (Phi) is 5.12. The normalized spacial score (nSPS) is 18.3. The number of amides is 1. The molecule has 1 aliphatic carbocycles. The van der Waals surface area contributed by atoms with Gasteiger partial charge in [0.2, 0.25) is 5.91 Å². The summed E-state index contributed by atoms with van der Waals surface area (Å²) in [5.41, 5.74) is 7.44. The Morgan fingerprint density at radius 2 is 2.00 bits per heavy atom. The lowest BCUT2D eigenvalue weighted by Gasteiger charge is -2.29. The number of nitrogens with two attached hydrogens (primary N) is 1. The molecule has 20 heavy (non-hydrogen) atoms. The van der Waals surface area contributed by atoms with Crippen LogP contribution < -0.4 is 11.1 Å². The van der Waals surface area contributed by atoms with Crippen LogP contribution in [0.3, 0.4) is 0 Å². The lowest BCUT2D eigenvalue weighted by atomic mass is 9.79. The molecule has 1 aliphatic rings. The Morgan fingerprint density at radius 1 is 1.30 bits per heavy atom. The molecule has 2 rings (SSSR count). The first-order chi connectivity index (χ1) is 9.66. The van der Waals surface area contributed by atoms with Crippen LogP contribution in [-0.4, -0.2) is 17.4 Å². The third-order valence-corrected chi connectivity index (χ3v) is 4.31. The van der Waals surface area contributed by atoms with Crippen LogP contribution in [0.25, 0.3) is 0 Å². The summed E-state index contributed by atoms with van der Waals surface area (Å²) in [4.78, 5) is 17.0. The molecule has 1 aromatic rings. The molecule has 0 saturated heterocycles. The van der Waals surface area contributed by atoms with Crippen LogP contribution in [0.1, 0.15) is 49.9 Å². The van der Waals surface area contributed by atoms with Gasteiger partial charge in [-0.25, -0.2) is 0 Å². The monoisotopic (exact) mass is 275 g/mol. The van der Waals surface area contributed by atoms with Crippen LogP contribution in [0.4, 0.5) is 0 Å². The first-order valence-corrected chi connectivity index (χ1v) is 7.57. The molecule has 0 atom stereocenters. The number of hydrogen-bond acceptors (Lipinski definition) is 3. The quantitative estimate of drug-likeness (QED) is 0.829. The van der Waals surface area contributed by atoms with Crippen LogP contribution in [0.5, 0.6) is 0 Å². The average Bonchev–Trinajstić information content (AvgIpc) is 2.71. The van der Waals surface area contributed by atoms with Crippen molar-refractivity contribution in [3.8, 4) is 0 Å². The lowest BCUT2D eigenvalue weighted by molar-refractivity contribution is -0.131. The van der Waals surface area contributed by atoms with E-state index in [0.29, 0.717) is 13.1 Å². The van der Waals surface area contributed by atoms with Crippen molar-refractivity contribution in [3.63, 3.8) is 0 Å². The third kappa shape index (κ3) is 3.57. The van der Waals surface area contributed by atoms with Gasteiger partial charge in [-0.2, -0.15) is 0 Å². The Hall–Kier alpha value is -1.42. The van der Waals surface area contributed by atoms with Crippen molar-refractivity contribution in [3.05, 3.63) is 29.6 Å². The van der Waals surface area contributed by atoms with E-state index in [1.54, 1.807) is 0 Å². The standard InChI is InChI=1S/C16H25N3O/c1-13-7-6-8-14(19-13)11-18-15(20)16(12-17)9-4-2-3-5-10-16/h6-8H,2-5,9-12,17H2,1H3,(H,18,20). The van der Waals surface area contributed by atoms with Crippen molar-refractivity contribution in [1.82, 2.24) is 10.3 Å². The first kappa shape index (κ1) is 15.0. The number of aryl methyl sites for hydroxylation is 1. The van der Waals surface area contributed by atoms with Crippen molar-refractivity contribution in [2.75, 3.05) is 6.54 Å². The molecule has 4 nitrogen and oxygen atoms in total. The number of nitrogens with zero attached hydrogens (tertiary/aromatic N) is 1. The largest absolute Gasteiger partial charge is 0.350 e. The number of carbonyl (C=O) groups excluding carboxylic acids is 1. The van der Waals surface area contributed by atoms with E-state index in [0.717, 1.165) is 37.1 Å². The zero-order valence-corrected chi connectivity index (χ0v) is 12.3. The van der Waals surface area contributed by atoms with Crippen molar-refractivity contribution < 1.29 is 4.79 Å². The highest BCUT2D eigenvalue weighted by Crippen LogP contribution is 2.34. The maximum absolute atomic E-state index is 12.5. The molecule has 0 bridgehead atoms. The molecule has 4 heteroatoms. The van der Waals surface area contributed by atoms with Gasteiger partial charge in [-0.15, -0.1) is 0 Å². The maximum atomic E-state index is 12.5. The van der Waals surface area contributed by atoms with Gasteiger partial charge in [0.05, 0.1) is 17.7 Å². The van der Waals surface area contributed by atoms with Gasteiger partial charge < -0.3 is 11.1 Å². The molecule has 1 aromatic heterocycles. The second-order valence-electron chi connectivity index (χ2n) is 5.85. The van der Waals surface area contributed by atoms with Crippen molar-refractivity contribution in [2.24, 2.45) is 11.1 Å². The summed E-state index contributed by atoms with van der Waals surface area (Å²) in [6, 6.07) is 5.86. The van der Waals surface area contributed by atoms with Crippen LogP contribution in [0.2, 0.25) is 0 Å². The second kappa shape index (κ2) is 6.84. The minimum Gasteiger partial charge on any atom is -0.350 e.